The fourth-order valence-electron chi connectivity index (χ4n) is 3.16. The molecule has 6 nitrogen and oxygen atoms in total. The number of carbonyl (C=O) groups is 1. The standard InChI is InChI=1S/C14H28N2O.C7H8O3S/c1-6-9-16(10-7-2,11-8-3)12-15-14(17)13(4)5;8-11(9,10)6-7-4-2-1-3-5-7/h4,6-12H2,1-3,5H3;1-5H,6H2,(H,8,9,10). The second-order valence-corrected chi connectivity index (χ2v) is 8.55. The van der Waals surface area contributed by atoms with Crippen LogP contribution in [-0.2, 0) is 20.7 Å². The van der Waals surface area contributed by atoms with Gasteiger partial charge in [-0.05, 0) is 31.7 Å². The molecule has 0 aliphatic carbocycles. The molecule has 1 aromatic rings. The molecule has 0 bridgehead atoms. The third-order valence-corrected chi connectivity index (χ3v) is 4.93. The zero-order chi connectivity index (χ0) is 21.6. The van der Waals surface area contributed by atoms with Gasteiger partial charge in [-0.3, -0.25) is 4.79 Å². The van der Waals surface area contributed by atoms with Crippen molar-refractivity contribution in [1.82, 2.24) is 5.32 Å². The second kappa shape index (κ2) is 13.5. The highest BCUT2D eigenvalue weighted by molar-refractivity contribution is 7.84. The number of carbonyl (C=O) groups excluding carboxylic acids is 1. The quantitative estimate of drug-likeness (QED) is 0.261. The van der Waals surface area contributed by atoms with Crippen LogP contribution in [-0.4, -0.2) is 49.7 Å². The molecule has 1 aromatic carbocycles. The number of amides is 1. The van der Waals surface area contributed by atoms with Gasteiger partial charge in [-0.25, -0.2) is 8.42 Å². The third kappa shape index (κ3) is 11.9. The lowest BCUT2D eigenvalue weighted by molar-refractivity contribution is -0.930. The molecule has 0 aliphatic heterocycles. The molecular formula is C21H36N2O4S. The number of hydrogen-bond donors (Lipinski definition) is 1. The van der Waals surface area contributed by atoms with Gasteiger partial charge in [0.2, 0.25) is 0 Å². The number of benzene rings is 1. The van der Waals surface area contributed by atoms with E-state index in [0.29, 0.717) is 11.1 Å². The van der Waals surface area contributed by atoms with Crippen molar-refractivity contribution in [1.29, 1.82) is 0 Å². The van der Waals surface area contributed by atoms with Crippen LogP contribution in [0.3, 0.4) is 0 Å². The zero-order valence-electron chi connectivity index (χ0n) is 17.7. The molecule has 28 heavy (non-hydrogen) atoms. The minimum absolute atomic E-state index is 0.0178. The third-order valence-electron chi connectivity index (χ3n) is 4.24. The molecule has 0 spiro atoms. The smallest absolute Gasteiger partial charge is 0.250 e. The first-order valence-electron chi connectivity index (χ1n) is 9.85. The van der Waals surface area contributed by atoms with E-state index in [4.69, 9.17) is 0 Å². The van der Waals surface area contributed by atoms with Crippen molar-refractivity contribution in [3.63, 3.8) is 0 Å². The Labute approximate surface area is 171 Å². The van der Waals surface area contributed by atoms with E-state index < -0.39 is 15.9 Å². The lowest BCUT2D eigenvalue weighted by Gasteiger charge is -2.38. The highest BCUT2D eigenvalue weighted by Gasteiger charge is 2.25. The maximum atomic E-state index is 11.6. The van der Waals surface area contributed by atoms with E-state index in [1.807, 2.05) is 0 Å². The molecule has 1 N–H and O–H groups in total. The van der Waals surface area contributed by atoms with Gasteiger partial charge in [0, 0.05) is 5.57 Å². The molecule has 0 saturated carbocycles. The van der Waals surface area contributed by atoms with Crippen LogP contribution in [0.1, 0.15) is 52.5 Å². The normalized spacial score (nSPS) is 11.3. The van der Waals surface area contributed by atoms with Gasteiger partial charge in [-0.2, -0.15) is 0 Å². The molecular weight excluding hydrogens is 376 g/mol. The topological polar surface area (TPSA) is 86.3 Å². The summed E-state index contributed by atoms with van der Waals surface area (Å²) in [5.74, 6) is -0.441. The molecule has 0 heterocycles. The van der Waals surface area contributed by atoms with E-state index >= 15 is 0 Å². The fourth-order valence-corrected chi connectivity index (χ4v) is 3.77. The van der Waals surface area contributed by atoms with Gasteiger partial charge in [-0.1, -0.05) is 57.7 Å². The molecule has 0 aliphatic rings. The first kappa shape index (κ1) is 26.3. The van der Waals surface area contributed by atoms with Crippen molar-refractivity contribution >= 4 is 16.0 Å². The average molecular weight is 413 g/mol. The molecule has 1 rings (SSSR count). The van der Waals surface area contributed by atoms with E-state index in [2.05, 4.69) is 32.7 Å². The van der Waals surface area contributed by atoms with E-state index in [0.717, 1.165) is 50.0 Å². The Morgan fingerprint density at radius 2 is 1.50 bits per heavy atom. The number of hydrogen-bond acceptors (Lipinski definition) is 4. The molecule has 0 fully saturated rings. The van der Waals surface area contributed by atoms with Gasteiger partial charge >= 0.3 is 0 Å². The number of rotatable bonds is 11. The average Bonchev–Trinajstić information content (AvgIpc) is 2.60. The Morgan fingerprint density at radius 3 is 1.86 bits per heavy atom. The van der Waals surface area contributed by atoms with Crippen LogP contribution < -0.4 is 5.32 Å². The molecule has 0 unspecified atom stereocenters. The van der Waals surface area contributed by atoms with Crippen molar-refractivity contribution < 1.29 is 22.2 Å². The first-order valence-corrected chi connectivity index (χ1v) is 11.4. The Morgan fingerprint density at radius 1 is 1.04 bits per heavy atom. The summed E-state index contributed by atoms with van der Waals surface area (Å²) in [5.41, 5.74) is 1.12. The molecule has 0 atom stereocenters. The van der Waals surface area contributed by atoms with Crippen LogP contribution in [0.4, 0.5) is 0 Å². The summed E-state index contributed by atoms with van der Waals surface area (Å²) in [5, 5.41) is 3.01. The Balaban J connectivity index is 0.000000567. The van der Waals surface area contributed by atoms with Crippen LogP contribution in [0, 0.1) is 0 Å². The van der Waals surface area contributed by atoms with Crippen molar-refractivity contribution in [2.24, 2.45) is 0 Å². The Hall–Kier alpha value is -1.70. The van der Waals surface area contributed by atoms with Crippen LogP contribution in [0.2, 0.25) is 0 Å². The predicted octanol–water partition coefficient (Wildman–Crippen LogP) is 3.41. The first-order chi connectivity index (χ1) is 13.1. The van der Waals surface area contributed by atoms with Gasteiger partial charge in [-0.15, -0.1) is 0 Å². The lowest BCUT2D eigenvalue weighted by Crippen LogP contribution is -2.55. The van der Waals surface area contributed by atoms with Crippen LogP contribution in [0.15, 0.2) is 42.5 Å². The van der Waals surface area contributed by atoms with E-state index in [1.165, 1.54) is 0 Å². The predicted molar refractivity (Wildman–Crippen MR) is 113 cm³/mol. The summed E-state index contributed by atoms with van der Waals surface area (Å²) < 4.78 is 31.7. The maximum absolute atomic E-state index is 11.6. The molecule has 160 valence electrons. The fraction of sp³-hybridized carbons (Fsp3) is 0.571. The summed E-state index contributed by atoms with van der Waals surface area (Å²) in [6.45, 7) is 16.2. The molecule has 1 amide bonds. The summed E-state index contributed by atoms with van der Waals surface area (Å²) >= 11 is 0. The number of nitrogens with one attached hydrogen (secondary N) is 1. The van der Waals surface area contributed by atoms with Crippen molar-refractivity contribution in [3.8, 4) is 0 Å². The summed E-state index contributed by atoms with van der Waals surface area (Å²) in [6, 6.07) is 8.37. The highest BCUT2D eigenvalue weighted by atomic mass is 32.2. The monoisotopic (exact) mass is 412 g/mol. The van der Waals surface area contributed by atoms with Crippen LogP contribution in [0.5, 0.6) is 0 Å². The van der Waals surface area contributed by atoms with Gasteiger partial charge < -0.3 is 14.4 Å². The number of nitrogens with zero attached hydrogens (tertiary/aromatic N) is 1. The van der Waals surface area contributed by atoms with Crippen molar-refractivity contribution in [2.45, 2.75) is 52.7 Å². The van der Waals surface area contributed by atoms with Gasteiger partial charge in [0.05, 0.1) is 35.5 Å². The van der Waals surface area contributed by atoms with Gasteiger partial charge in [0.1, 0.15) is 0 Å². The van der Waals surface area contributed by atoms with Gasteiger partial charge in [0.15, 0.2) is 6.67 Å². The Bertz CT molecular complexity index is 671. The maximum Gasteiger partial charge on any atom is 0.250 e. The lowest BCUT2D eigenvalue weighted by atomic mass is 10.2. The molecule has 0 saturated heterocycles. The van der Waals surface area contributed by atoms with E-state index in [1.54, 1.807) is 37.3 Å². The summed E-state index contributed by atoms with van der Waals surface area (Å²) in [4.78, 5) is 11.6. The largest absolute Gasteiger partial charge is 0.748 e. The van der Waals surface area contributed by atoms with Crippen molar-refractivity contribution in [3.05, 3.63) is 48.0 Å². The van der Waals surface area contributed by atoms with Crippen LogP contribution in [0.25, 0.3) is 0 Å². The molecule has 0 radical (unpaired) electrons. The minimum atomic E-state index is -4.13. The molecule has 7 heteroatoms. The number of quaternary nitrogens is 1. The van der Waals surface area contributed by atoms with Gasteiger partial charge in [0.25, 0.3) is 5.91 Å². The zero-order valence-corrected chi connectivity index (χ0v) is 18.6. The minimum Gasteiger partial charge on any atom is -0.748 e. The van der Waals surface area contributed by atoms with E-state index in [9.17, 15) is 17.8 Å². The molecule has 0 aromatic heterocycles. The highest BCUT2D eigenvalue weighted by Crippen LogP contribution is 2.10. The van der Waals surface area contributed by atoms with Crippen molar-refractivity contribution in [2.75, 3.05) is 26.3 Å². The SMILES string of the molecule is C=C(C)C(=O)NC[N+](CCC)(CCC)CCC.O=S(=O)([O-])Cc1ccccc1. The summed E-state index contributed by atoms with van der Waals surface area (Å²) in [7, 11) is -4.13. The second-order valence-electron chi connectivity index (χ2n) is 7.14. The van der Waals surface area contributed by atoms with E-state index in [-0.39, 0.29) is 5.91 Å². The Kier molecular flexibility index (Phi) is 12.7. The summed E-state index contributed by atoms with van der Waals surface area (Å²) in [6.07, 6.45) is 3.47. The van der Waals surface area contributed by atoms with Crippen LogP contribution >= 0.6 is 0 Å².